The molecular weight excluding hydrogens is 253 g/mol. The molecule has 0 aromatic rings. The standard InChI is InChI=1S/C15H34BNO3/c1-2-3-4-5-6-7-8-9-10-11-12-13-14-17-15-20-16(18)19/h17-19H,2-15H2,1H3. The average Bonchev–Trinajstić information content (AvgIpc) is 2.43. The lowest BCUT2D eigenvalue weighted by Gasteiger charge is -2.05. The lowest BCUT2D eigenvalue weighted by Crippen LogP contribution is -2.26. The first-order chi connectivity index (χ1) is 9.77. The Hall–Kier alpha value is -0.0951. The van der Waals surface area contributed by atoms with E-state index >= 15 is 0 Å². The van der Waals surface area contributed by atoms with E-state index in [0.29, 0.717) is 0 Å². The first kappa shape index (κ1) is 19.9. The van der Waals surface area contributed by atoms with Gasteiger partial charge in [-0.25, -0.2) is 0 Å². The molecule has 0 aliphatic rings. The van der Waals surface area contributed by atoms with Gasteiger partial charge in [-0.1, -0.05) is 77.6 Å². The van der Waals surface area contributed by atoms with Crippen LogP contribution in [0.3, 0.4) is 0 Å². The zero-order chi connectivity index (χ0) is 14.9. The molecule has 0 spiro atoms. The maximum Gasteiger partial charge on any atom is 0.634 e. The Bertz CT molecular complexity index is 183. The van der Waals surface area contributed by atoms with E-state index in [4.69, 9.17) is 10.0 Å². The zero-order valence-electron chi connectivity index (χ0n) is 13.3. The predicted octanol–water partition coefficient (Wildman–Crippen LogP) is 3.22. The molecule has 0 bridgehead atoms. The topological polar surface area (TPSA) is 61.7 Å². The SMILES string of the molecule is CCCCCCCCCCCCCCNCOB(O)O. The Morgan fingerprint density at radius 1 is 0.750 bits per heavy atom. The summed E-state index contributed by atoms with van der Waals surface area (Å²) in [7, 11) is -1.66. The third kappa shape index (κ3) is 17.9. The zero-order valence-corrected chi connectivity index (χ0v) is 13.3. The van der Waals surface area contributed by atoms with Crippen molar-refractivity contribution >= 4 is 7.32 Å². The van der Waals surface area contributed by atoms with E-state index in [-0.39, 0.29) is 6.73 Å². The van der Waals surface area contributed by atoms with Crippen LogP contribution in [0.4, 0.5) is 0 Å². The second-order valence-electron chi connectivity index (χ2n) is 5.53. The second kappa shape index (κ2) is 17.0. The minimum Gasteiger partial charge on any atom is -0.402 e. The molecule has 3 N–H and O–H groups in total. The Morgan fingerprint density at radius 3 is 1.65 bits per heavy atom. The summed E-state index contributed by atoms with van der Waals surface area (Å²) >= 11 is 0. The molecule has 0 aliphatic heterocycles. The molecule has 4 nitrogen and oxygen atoms in total. The second-order valence-corrected chi connectivity index (χ2v) is 5.53. The van der Waals surface area contributed by atoms with Gasteiger partial charge in [0.05, 0.1) is 6.73 Å². The fourth-order valence-electron chi connectivity index (χ4n) is 2.30. The van der Waals surface area contributed by atoms with Crippen LogP contribution in [0.15, 0.2) is 0 Å². The lowest BCUT2D eigenvalue weighted by molar-refractivity contribution is 0.171. The molecule has 0 saturated heterocycles. The van der Waals surface area contributed by atoms with Crippen molar-refractivity contribution in [1.82, 2.24) is 5.32 Å². The van der Waals surface area contributed by atoms with Gasteiger partial charge in [-0.2, -0.15) is 0 Å². The van der Waals surface area contributed by atoms with Crippen molar-refractivity contribution in [3.05, 3.63) is 0 Å². The largest absolute Gasteiger partial charge is 0.634 e. The Balaban J connectivity index is 2.92. The van der Waals surface area contributed by atoms with Crippen LogP contribution in [0, 0.1) is 0 Å². The van der Waals surface area contributed by atoms with Gasteiger partial charge in [-0.3, -0.25) is 5.32 Å². The summed E-state index contributed by atoms with van der Waals surface area (Å²) in [4.78, 5) is 0. The highest BCUT2D eigenvalue weighted by atomic mass is 16.6. The molecule has 0 aromatic heterocycles. The highest BCUT2D eigenvalue weighted by molar-refractivity contribution is 6.32. The minimum absolute atomic E-state index is 0.204. The van der Waals surface area contributed by atoms with Gasteiger partial charge >= 0.3 is 7.32 Å². The Kier molecular flexibility index (Phi) is 16.9. The van der Waals surface area contributed by atoms with Gasteiger partial charge in [-0.15, -0.1) is 0 Å². The molecule has 0 heterocycles. The van der Waals surface area contributed by atoms with E-state index < -0.39 is 7.32 Å². The van der Waals surface area contributed by atoms with Crippen molar-refractivity contribution < 1.29 is 14.7 Å². The van der Waals surface area contributed by atoms with Crippen LogP contribution in [0.1, 0.15) is 84.0 Å². The summed E-state index contributed by atoms with van der Waals surface area (Å²) in [6, 6.07) is 0. The Labute approximate surface area is 125 Å². The molecule has 0 aliphatic carbocycles. The van der Waals surface area contributed by atoms with E-state index in [0.717, 1.165) is 13.0 Å². The molecular formula is C15H34BNO3. The van der Waals surface area contributed by atoms with Crippen LogP contribution >= 0.6 is 0 Å². The summed E-state index contributed by atoms with van der Waals surface area (Å²) < 4.78 is 4.55. The molecule has 0 unspecified atom stereocenters. The van der Waals surface area contributed by atoms with Crippen LogP contribution in [0.25, 0.3) is 0 Å². The van der Waals surface area contributed by atoms with Crippen molar-refractivity contribution in [2.45, 2.75) is 84.0 Å². The van der Waals surface area contributed by atoms with Crippen molar-refractivity contribution in [3.8, 4) is 0 Å². The van der Waals surface area contributed by atoms with Gasteiger partial charge in [0, 0.05) is 0 Å². The number of hydrogen-bond acceptors (Lipinski definition) is 4. The van der Waals surface area contributed by atoms with Gasteiger partial charge in [-0.05, 0) is 13.0 Å². The number of nitrogens with one attached hydrogen (secondary N) is 1. The predicted molar refractivity (Wildman–Crippen MR) is 85.2 cm³/mol. The maximum atomic E-state index is 8.45. The normalized spacial score (nSPS) is 10.9. The quantitative estimate of drug-likeness (QED) is 0.232. The molecule has 0 rings (SSSR count). The summed E-state index contributed by atoms with van der Waals surface area (Å²) in [6.07, 6.45) is 16.2. The molecule has 5 heteroatoms. The highest BCUT2D eigenvalue weighted by Gasteiger charge is 2.05. The fraction of sp³-hybridized carbons (Fsp3) is 1.00. The van der Waals surface area contributed by atoms with Gasteiger partial charge in [0.1, 0.15) is 0 Å². The summed E-state index contributed by atoms with van der Waals surface area (Å²) in [5.74, 6) is 0. The fourth-order valence-corrected chi connectivity index (χ4v) is 2.30. The van der Waals surface area contributed by atoms with Crippen LogP contribution in [-0.2, 0) is 4.65 Å². The van der Waals surface area contributed by atoms with E-state index in [1.54, 1.807) is 0 Å². The Morgan fingerprint density at radius 2 is 1.20 bits per heavy atom. The van der Waals surface area contributed by atoms with Gasteiger partial charge in [0.2, 0.25) is 0 Å². The third-order valence-corrected chi connectivity index (χ3v) is 3.54. The molecule has 0 atom stereocenters. The van der Waals surface area contributed by atoms with Crippen LogP contribution in [0.5, 0.6) is 0 Å². The van der Waals surface area contributed by atoms with Crippen LogP contribution in [0.2, 0.25) is 0 Å². The molecule has 0 amide bonds. The van der Waals surface area contributed by atoms with Crippen molar-refractivity contribution in [2.75, 3.05) is 13.3 Å². The van der Waals surface area contributed by atoms with Gasteiger partial charge in [0.15, 0.2) is 0 Å². The molecule has 0 radical (unpaired) electrons. The molecule has 0 fully saturated rings. The van der Waals surface area contributed by atoms with Gasteiger partial charge < -0.3 is 14.7 Å². The van der Waals surface area contributed by atoms with Crippen LogP contribution in [-0.4, -0.2) is 30.6 Å². The minimum atomic E-state index is -1.66. The number of unbranched alkanes of at least 4 members (excludes halogenated alkanes) is 11. The third-order valence-electron chi connectivity index (χ3n) is 3.54. The van der Waals surface area contributed by atoms with E-state index in [1.807, 2.05) is 0 Å². The average molecular weight is 287 g/mol. The van der Waals surface area contributed by atoms with Crippen molar-refractivity contribution in [3.63, 3.8) is 0 Å². The maximum absolute atomic E-state index is 8.45. The van der Waals surface area contributed by atoms with Crippen molar-refractivity contribution in [1.29, 1.82) is 0 Å². The first-order valence-electron chi connectivity index (χ1n) is 8.45. The number of rotatable bonds is 16. The molecule has 0 saturated carbocycles. The van der Waals surface area contributed by atoms with E-state index in [2.05, 4.69) is 16.9 Å². The number of hydrogen-bond donors (Lipinski definition) is 3. The van der Waals surface area contributed by atoms with Crippen molar-refractivity contribution in [2.24, 2.45) is 0 Å². The summed E-state index contributed by atoms with van der Waals surface area (Å²) in [6.45, 7) is 3.35. The first-order valence-corrected chi connectivity index (χ1v) is 8.45. The monoisotopic (exact) mass is 287 g/mol. The molecule has 20 heavy (non-hydrogen) atoms. The highest BCUT2D eigenvalue weighted by Crippen LogP contribution is 2.11. The summed E-state index contributed by atoms with van der Waals surface area (Å²) in [5, 5.41) is 19.9. The van der Waals surface area contributed by atoms with Crippen LogP contribution < -0.4 is 5.32 Å². The summed E-state index contributed by atoms with van der Waals surface area (Å²) in [5.41, 5.74) is 0. The van der Waals surface area contributed by atoms with E-state index in [9.17, 15) is 0 Å². The molecule has 0 aromatic carbocycles. The van der Waals surface area contributed by atoms with Gasteiger partial charge in [0.25, 0.3) is 0 Å². The smallest absolute Gasteiger partial charge is 0.402 e. The van der Waals surface area contributed by atoms with E-state index in [1.165, 1.54) is 70.6 Å². The molecule has 120 valence electrons. The lowest BCUT2D eigenvalue weighted by atomic mass is 10.1.